The summed E-state index contributed by atoms with van der Waals surface area (Å²) < 4.78 is 14.0. The van der Waals surface area contributed by atoms with Gasteiger partial charge in [0.2, 0.25) is 0 Å². The van der Waals surface area contributed by atoms with Crippen molar-refractivity contribution < 1.29 is 18.8 Å². The Kier molecular flexibility index (Phi) is 5.29. The monoisotopic (exact) mass is 413 g/mol. The van der Waals surface area contributed by atoms with E-state index in [1.165, 1.54) is 36.4 Å². The van der Waals surface area contributed by atoms with Crippen molar-refractivity contribution in [2.75, 3.05) is 0 Å². The minimum absolute atomic E-state index is 0.0415. The molecule has 0 saturated heterocycles. The number of fused-ring (bicyclic) bond motifs is 1. The standard InChI is InChI=1S/C24H16FN3O3/c25-20-9-5-4-8-18(20)21(13-26)27-22(29)16-10-11-17-19(12-16)24(31)28(23(17)30)14-15-6-2-1-3-7-15/h1-12,21H,14H2,(H,27,29). The molecule has 4 rings (SSSR count). The summed E-state index contributed by atoms with van der Waals surface area (Å²) in [4.78, 5) is 39.3. The lowest BCUT2D eigenvalue weighted by atomic mass is 10.0. The van der Waals surface area contributed by atoms with Crippen LogP contribution in [0.15, 0.2) is 72.8 Å². The summed E-state index contributed by atoms with van der Waals surface area (Å²) in [6.07, 6.45) is 0. The minimum Gasteiger partial charge on any atom is -0.332 e. The molecule has 1 heterocycles. The van der Waals surface area contributed by atoms with E-state index in [4.69, 9.17) is 0 Å². The van der Waals surface area contributed by atoms with E-state index in [1.807, 2.05) is 36.4 Å². The summed E-state index contributed by atoms with van der Waals surface area (Å²) in [5, 5.41) is 11.8. The third-order valence-electron chi connectivity index (χ3n) is 5.04. The number of nitrogens with zero attached hydrogens (tertiary/aromatic N) is 2. The second kappa shape index (κ2) is 8.20. The van der Waals surface area contributed by atoms with Crippen molar-refractivity contribution in [1.29, 1.82) is 5.26 Å². The van der Waals surface area contributed by atoms with E-state index < -0.39 is 29.6 Å². The van der Waals surface area contributed by atoms with E-state index >= 15 is 0 Å². The van der Waals surface area contributed by atoms with Crippen molar-refractivity contribution in [3.05, 3.63) is 106 Å². The molecule has 3 amide bonds. The highest BCUT2D eigenvalue weighted by atomic mass is 19.1. The zero-order valence-electron chi connectivity index (χ0n) is 16.2. The third-order valence-corrected chi connectivity index (χ3v) is 5.04. The maximum Gasteiger partial charge on any atom is 0.261 e. The molecule has 1 N–H and O–H groups in total. The molecule has 0 spiro atoms. The van der Waals surface area contributed by atoms with Crippen molar-refractivity contribution in [3.8, 4) is 6.07 Å². The maximum absolute atomic E-state index is 14.0. The molecule has 1 atom stereocenters. The highest BCUT2D eigenvalue weighted by molar-refractivity contribution is 6.22. The van der Waals surface area contributed by atoms with Crippen LogP contribution in [0.2, 0.25) is 0 Å². The van der Waals surface area contributed by atoms with E-state index in [1.54, 1.807) is 6.07 Å². The second-order valence-electron chi connectivity index (χ2n) is 7.00. The first-order valence-corrected chi connectivity index (χ1v) is 9.48. The molecule has 0 aliphatic carbocycles. The van der Waals surface area contributed by atoms with Crippen LogP contribution in [-0.2, 0) is 6.54 Å². The fraction of sp³-hybridized carbons (Fsp3) is 0.0833. The lowest BCUT2D eigenvalue weighted by molar-refractivity contribution is 0.0642. The van der Waals surface area contributed by atoms with Crippen LogP contribution in [0.3, 0.4) is 0 Å². The fourth-order valence-electron chi connectivity index (χ4n) is 3.44. The number of carbonyl (C=O) groups excluding carboxylic acids is 3. The highest BCUT2D eigenvalue weighted by Gasteiger charge is 2.36. The lowest BCUT2D eigenvalue weighted by Crippen LogP contribution is -2.29. The van der Waals surface area contributed by atoms with Crippen molar-refractivity contribution in [1.82, 2.24) is 10.2 Å². The Labute approximate surface area is 177 Å². The largest absolute Gasteiger partial charge is 0.332 e. The van der Waals surface area contributed by atoms with Gasteiger partial charge >= 0.3 is 0 Å². The summed E-state index contributed by atoms with van der Waals surface area (Å²) in [5.74, 6) is -2.19. The van der Waals surface area contributed by atoms with Crippen molar-refractivity contribution in [2.24, 2.45) is 0 Å². The molecule has 0 fully saturated rings. The number of imide groups is 1. The van der Waals surface area contributed by atoms with E-state index in [-0.39, 0.29) is 28.8 Å². The Balaban J connectivity index is 1.56. The molecule has 0 bridgehead atoms. The SMILES string of the molecule is N#CC(NC(=O)c1ccc2c(c1)C(=O)N(Cc1ccccc1)C2=O)c1ccccc1F. The predicted octanol–water partition coefficient (Wildman–Crippen LogP) is 3.62. The van der Waals surface area contributed by atoms with Gasteiger partial charge in [0.15, 0.2) is 0 Å². The van der Waals surface area contributed by atoms with Crippen molar-refractivity contribution in [2.45, 2.75) is 12.6 Å². The normalized spacial score (nSPS) is 13.5. The number of benzene rings is 3. The van der Waals surface area contributed by atoms with Gasteiger partial charge in [-0.15, -0.1) is 0 Å². The molecule has 6 nitrogen and oxygen atoms in total. The zero-order valence-corrected chi connectivity index (χ0v) is 16.2. The predicted molar refractivity (Wildman–Crippen MR) is 109 cm³/mol. The van der Waals surface area contributed by atoms with Gasteiger partial charge < -0.3 is 5.32 Å². The van der Waals surface area contributed by atoms with E-state index in [9.17, 15) is 24.0 Å². The van der Waals surface area contributed by atoms with Crippen LogP contribution in [0.5, 0.6) is 0 Å². The molecule has 152 valence electrons. The molecule has 7 heteroatoms. The molecule has 0 radical (unpaired) electrons. The van der Waals surface area contributed by atoms with Gasteiger partial charge in [-0.05, 0) is 29.8 Å². The van der Waals surface area contributed by atoms with Gasteiger partial charge in [-0.3, -0.25) is 19.3 Å². The number of hydrogen-bond acceptors (Lipinski definition) is 4. The smallest absolute Gasteiger partial charge is 0.261 e. The summed E-state index contributed by atoms with van der Waals surface area (Å²) in [6, 6.07) is 19.6. The van der Waals surface area contributed by atoms with Gasteiger partial charge in [0, 0.05) is 11.1 Å². The van der Waals surface area contributed by atoms with Gasteiger partial charge in [-0.1, -0.05) is 48.5 Å². The quantitative estimate of drug-likeness (QED) is 0.647. The average Bonchev–Trinajstić information content (AvgIpc) is 3.03. The Morgan fingerprint density at radius 1 is 0.968 bits per heavy atom. The first-order chi connectivity index (χ1) is 15.0. The summed E-state index contributed by atoms with van der Waals surface area (Å²) >= 11 is 0. The van der Waals surface area contributed by atoms with Crippen LogP contribution in [-0.4, -0.2) is 22.6 Å². The van der Waals surface area contributed by atoms with Crippen LogP contribution in [0, 0.1) is 17.1 Å². The summed E-state index contributed by atoms with van der Waals surface area (Å²) in [5.41, 5.74) is 1.27. The Morgan fingerprint density at radius 3 is 2.35 bits per heavy atom. The number of rotatable bonds is 5. The molecular formula is C24H16FN3O3. The van der Waals surface area contributed by atoms with Gasteiger partial charge in [-0.2, -0.15) is 5.26 Å². The number of carbonyl (C=O) groups is 3. The number of nitriles is 1. The first-order valence-electron chi connectivity index (χ1n) is 9.48. The van der Waals surface area contributed by atoms with E-state index in [0.717, 1.165) is 10.5 Å². The van der Waals surface area contributed by atoms with E-state index in [2.05, 4.69) is 5.32 Å². The van der Waals surface area contributed by atoms with Gasteiger partial charge in [0.25, 0.3) is 17.7 Å². The third kappa shape index (κ3) is 3.79. The topological polar surface area (TPSA) is 90.3 Å². The Hall–Kier alpha value is -4.31. The average molecular weight is 413 g/mol. The van der Waals surface area contributed by atoms with Crippen LogP contribution in [0.1, 0.15) is 48.2 Å². The number of amides is 3. The van der Waals surface area contributed by atoms with Crippen molar-refractivity contribution >= 4 is 17.7 Å². The molecule has 31 heavy (non-hydrogen) atoms. The maximum atomic E-state index is 14.0. The molecule has 0 aromatic heterocycles. The summed E-state index contributed by atoms with van der Waals surface area (Å²) in [6.45, 7) is 0.124. The number of nitrogens with one attached hydrogen (secondary N) is 1. The molecule has 3 aromatic rings. The minimum atomic E-state index is -1.20. The molecular weight excluding hydrogens is 397 g/mol. The molecule has 3 aromatic carbocycles. The van der Waals surface area contributed by atoms with Crippen LogP contribution >= 0.6 is 0 Å². The van der Waals surface area contributed by atoms with Gasteiger partial charge in [-0.25, -0.2) is 4.39 Å². The van der Waals surface area contributed by atoms with Gasteiger partial charge in [0.05, 0.1) is 23.7 Å². The number of halogens is 1. The molecule has 0 saturated carbocycles. The highest BCUT2D eigenvalue weighted by Crippen LogP contribution is 2.26. The number of hydrogen-bond donors (Lipinski definition) is 1. The van der Waals surface area contributed by atoms with Gasteiger partial charge in [0.1, 0.15) is 11.9 Å². The van der Waals surface area contributed by atoms with Crippen molar-refractivity contribution in [3.63, 3.8) is 0 Å². The molecule has 1 aliphatic rings. The molecule has 1 aliphatic heterocycles. The first kappa shape index (κ1) is 20.0. The van der Waals surface area contributed by atoms with E-state index in [0.29, 0.717) is 0 Å². The zero-order chi connectivity index (χ0) is 22.0. The fourth-order valence-corrected chi connectivity index (χ4v) is 3.44. The molecule has 1 unspecified atom stereocenters. The van der Waals surface area contributed by atoms with Crippen LogP contribution in [0.4, 0.5) is 4.39 Å². The Morgan fingerprint density at radius 2 is 1.65 bits per heavy atom. The Bertz CT molecular complexity index is 1230. The lowest BCUT2D eigenvalue weighted by Gasteiger charge is -2.13. The van der Waals surface area contributed by atoms with Crippen LogP contribution in [0.25, 0.3) is 0 Å². The van der Waals surface area contributed by atoms with Crippen LogP contribution < -0.4 is 5.32 Å². The second-order valence-corrected chi connectivity index (χ2v) is 7.00. The summed E-state index contributed by atoms with van der Waals surface area (Å²) in [7, 11) is 0.